The summed E-state index contributed by atoms with van der Waals surface area (Å²) in [5.41, 5.74) is 4.91. The lowest BCUT2D eigenvalue weighted by molar-refractivity contribution is 0.0304. The highest BCUT2D eigenvalue weighted by Gasteiger charge is 2.44. The summed E-state index contributed by atoms with van der Waals surface area (Å²) in [6.07, 6.45) is 1.36. The van der Waals surface area contributed by atoms with Crippen molar-refractivity contribution in [1.29, 1.82) is 0 Å². The van der Waals surface area contributed by atoms with E-state index in [2.05, 4.69) is 66.7 Å². The van der Waals surface area contributed by atoms with Crippen LogP contribution in [0.2, 0.25) is 0 Å². The summed E-state index contributed by atoms with van der Waals surface area (Å²) in [5, 5.41) is 0. The second kappa shape index (κ2) is 4.96. The third-order valence-electron chi connectivity index (χ3n) is 6.11. The minimum absolute atomic E-state index is 0.438. The molecule has 1 fully saturated rings. The predicted octanol–water partition coefficient (Wildman–Crippen LogP) is 5.73. The van der Waals surface area contributed by atoms with Gasteiger partial charge in [0.25, 0.3) is 0 Å². The summed E-state index contributed by atoms with van der Waals surface area (Å²) >= 11 is 0. The van der Waals surface area contributed by atoms with E-state index in [-0.39, 0.29) is 0 Å². The van der Waals surface area contributed by atoms with E-state index < -0.39 is 0 Å². The van der Waals surface area contributed by atoms with Crippen molar-refractivity contribution < 1.29 is 0 Å². The van der Waals surface area contributed by atoms with Gasteiger partial charge in [-0.25, -0.2) is 0 Å². The molecule has 0 bridgehead atoms. The molecule has 0 saturated heterocycles. The van der Waals surface area contributed by atoms with Gasteiger partial charge in [-0.1, -0.05) is 58.4 Å². The molecule has 1 aromatic rings. The summed E-state index contributed by atoms with van der Waals surface area (Å²) in [6.45, 7) is 16.8. The highest BCUT2D eigenvalue weighted by Crippen LogP contribution is 2.54. The van der Waals surface area contributed by atoms with E-state index in [1.54, 1.807) is 5.56 Å². The average molecular weight is 258 g/mol. The van der Waals surface area contributed by atoms with E-state index in [4.69, 9.17) is 0 Å². The lowest BCUT2D eigenvalue weighted by Crippen LogP contribution is -2.41. The smallest absolute Gasteiger partial charge is 0.0103 e. The van der Waals surface area contributed by atoms with Gasteiger partial charge in [0, 0.05) is 0 Å². The lowest BCUT2D eigenvalue weighted by atomic mass is 9.54. The number of hydrogen-bond acceptors (Lipinski definition) is 0. The van der Waals surface area contributed by atoms with E-state index in [1.807, 2.05) is 0 Å². The van der Waals surface area contributed by atoms with Crippen LogP contribution in [0, 0.1) is 37.0 Å². The molecule has 1 aromatic carbocycles. The van der Waals surface area contributed by atoms with Crippen LogP contribution in [0.15, 0.2) is 18.2 Å². The van der Waals surface area contributed by atoms with Crippen LogP contribution in [0.3, 0.4) is 0 Å². The third-order valence-corrected chi connectivity index (χ3v) is 6.11. The molecule has 19 heavy (non-hydrogen) atoms. The predicted molar refractivity (Wildman–Crippen MR) is 84.5 cm³/mol. The molecular weight excluding hydrogens is 228 g/mol. The van der Waals surface area contributed by atoms with Crippen molar-refractivity contribution in [2.45, 2.75) is 60.8 Å². The Morgan fingerprint density at radius 1 is 1.05 bits per heavy atom. The molecule has 0 heterocycles. The normalized spacial score (nSPS) is 34.3. The van der Waals surface area contributed by atoms with Gasteiger partial charge in [-0.05, 0) is 60.5 Å². The topological polar surface area (TPSA) is 0 Å². The number of benzene rings is 1. The zero-order chi connectivity index (χ0) is 14.4. The molecule has 3 unspecified atom stereocenters. The first-order valence-corrected chi connectivity index (χ1v) is 7.82. The molecule has 1 aliphatic rings. The number of rotatable bonds is 1. The molecule has 0 aliphatic heterocycles. The van der Waals surface area contributed by atoms with Crippen LogP contribution in [-0.2, 0) is 0 Å². The fourth-order valence-corrected chi connectivity index (χ4v) is 4.11. The summed E-state index contributed by atoms with van der Waals surface area (Å²) in [5.74, 6) is 3.07. The second-order valence-corrected chi connectivity index (χ2v) is 7.61. The minimum atomic E-state index is 0.438. The van der Waals surface area contributed by atoms with Gasteiger partial charge < -0.3 is 0 Å². The Balaban J connectivity index is 2.45. The van der Waals surface area contributed by atoms with Gasteiger partial charge in [-0.3, -0.25) is 0 Å². The molecular formula is C19H30. The molecule has 0 N–H and O–H groups in total. The largest absolute Gasteiger partial charge is 0.0620 e. The highest BCUT2D eigenvalue weighted by atomic mass is 14.5. The first kappa shape index (κ1) is 14.6. The Hall–Kier alpha value is -0.780. The van der Waals surface area contributed by atoms with Crippen molar-refractivity contribution in [2.75, 3.05) is 0 Å². The van der Waals surface area contributed by atoms with E-state index >= 15 is 0 Å². The lowest BCUT2D eigenvalue weighted by Gasteiger charge is -2.50. The second-order valence-electron chi connectivity index (χ2n) is 7.61. The zero-order valence-electron chi connectivity index (χ0n) is 13.7. The van der Waals surface area contributed by atoms with Crippen LogP contribution < -0.4 is 0 Å². The molecule has 0 amide bonds. The van der Waals surface area contributed by atoms with E-state index in [1.165, 1.54) is 17.5 Å². The van der Waals surface area contributed by atoms with Crippen LogP contribution >= 0.6 is 0 Å². The maximum absolute atomic E-state index is 2.47. The highest BCUT2D eigenvalue weighted by molar-refractivity contribution is 5.35. The molecule has 1 saturated carbocycles. The van der Waals surface area contributed by atoms with E-state index in [9.17, 15) is 0 Å². The SMILES string of the molecule is Cc1ccc(C)c([C@H]2C(C)CC(C)C(C)(C)C2C)c1. The summed E-state index contributed by atoms with van der Waals surface area (Å²) < 4.78 is 0. The quantitative estimate of drug-likeness (QED) is 0.604. The van der Waals surface area contributed by atoms with Gasteiger partial charge in [-0.15, -0.1) is 0 Å². The van der Waals surface area contributed by atoms with Crippen molar-refractivity contribution in [3.05, 3.63) is 34.9 Å². The van der Waals surface area contributed by atoms with Crippen molar-refractivity contribution in [3.63, 3.8) is 0 Å². The van der Waals surface area contributed by atoms with Crippen LogP contribution in [0.1, 0.15) is 63.6 Å². The summed E-state index contributed by atoms with van der Waals surface area (Å²) in [7, 11) is 0. The Kier molecular flexibility index (Phi) is 3.82. The standard InChI is InChI=1S/C19H30/c1-12-8-9-13(2)17(10-12)18-14(3)11-15(4)19(6,7)16(18)5/h8-10,14-16,18H,11H2,1-7H3/t14?,15?,16?,18-/m0/s1. The molecule has 0 heteroatoms. The van der Waals surface area contributed by atoms with Crippen molar-refractivity contribution in [2.24, 2.45) is 23.2 Å². The van der Waals surface area contributed by atoms with E-state index in [0.717, 1.165) is 17.8 Å². The molecule has 0 aromatic heterocycles. The average Bonchev–Trinajstić information content (AvgIpc) is 2.32. The van der Waals surface area contributed by atoms with Crippen LogP contribution in [0.25, 0.3) is 0 Å². The van der Waals surface area contributed by atoms with Gasteiger partial charge in [0.15, 0.2) is 0 Å². The monoisotopic (exact) mass is 258 g/mol. The van der Waals surface area contributed by atoms with Crippen LogP contribution in [0.4, 0.5) is 0 Å². The Bertz CT molecular complexity index is 455. The molecule has 0 spiro atoms. The molecule has 2 rings (SSSR count). The fourth-order valence-electron chi connectivity index (χ4n) is 4.11. The molecule has 0 nitrogen and oxygen atoms in total. The first-order chi connectivity index (χ1) is 8.75. The zero-order valence-corrected chi connectivity index (χ0v) is 13.7. The minimum Gasteiger partial charge on any atom is -0.0620 e. The summed E-state index contributed by atoms with van der Waals surface area (Å²) in [6, 6.07) is 6.97. The molecule has 1 aliphatic carbocycles. The van der Waals surface area contributed by atoms with Crippen molar-refractivity contribution in [3.8, 4) is 0 Å². The maximum Gasteiger partial charge on any atom is -0.0103 e. The molecule has 4 atom stereocenters. The van der Waals surface area contributed by atoms with Crippen LogP contribution in [-0.4, -0.2) is 0 Å². The third kappa shape index (κ3) is 2.47. The van der Waals surface area contributed by atoms with E-state index in [0.29, 0.717) is 11.3 Å². The van der Waals surface area contributed by atoms with Gasteiger partial charge in [0.05, 0.1) is 0 Å². The first-order valence-electron chi connectivity index (χ1n) is 7.82. The Morgan fingerprint density at radius 3 is 2.32 bits per heavy atom. The maximum atomic E-state index is 2.47. The fraction of sp³-hybridized carbons (Fsp3) is 0.684. The Morgan fingerprint density at radius 2 is 1.68 bits per heavy atom. The van der Waals surface area contributed by atoms with Gasteiger partial charge in [0.2, 0.25) is 0 Å². The molecule has 0 radical (unpaired) electrons. The van der Waals surface area contributed by atoms with Gasteiger partial charge >= 0.3 is 0 Å². The number of aryl methyl sites for hydroxylation is 2. The summed E-state index contributed by atoms with van der Waals surface area (Å²) in [4.78, 5) is 0. The van der Waals surface area contributed by atoms with Gasteiger partial charge in [0.1, 0.15) is 0 Å². The van der Waals surface area contributed by atoms with Crippen molar-refractivity contribution in [1.82, 2.24) is 0 Å². The Labute approximate surface area is 119 Å². The van der Waals surface area contributed by atoms with Crippen LogP contribution in [0.5, 0.6) is 0 Å². The molecule has 106 valence electrons. The number of hydrogen-bond donors (Lipinski definition) is 0. The van der Waals surface area contributed by atoms with Gasteiger partial charge in [-0.2, -0.15) is 0 Å². The van der Waals surface area contributed by atoms with Crippen molar-refractivity contribution >= 4 is 0 Å².